The lowest BCUT2D eigenvalue weighted by Gasteiger charge is -2.18. The summed E-state index contributed by atoms with van der Waals surface area (Å²) in [6.07, 6.45) is 1.13. The third kappa shape index (κ3) is 4.93. The van der Waals surface area contributed by atoms with Crippen molar-refractivity contribution in [3.05, 3.63) is 63.9 Å². The van der Waals surface area contributed by atoms with E-state index in [1.807, 2.05) is 0 Å². The Kier molecular flexibility index (Phi) is 6.23. The minimum atomic E-state index is -0.438. The molecule has 1 atom stereocenters. The van der Waals surface area contributed by atoms with Crippen LogP contribution in [0, 0.1) is 5.82 Å². The summed E-state index contributed by atoms with van der Waals surface area (Å²) >= 11 is 3.31. The summed E-state index contributed by atoms with van der Waals surface area (Å²) in [6.45, 7) is 0.726. The minimum absolute atomic E-state index is 0.136. The van der Waals surface area contributed by atoms with Crippen molar-refractivity contribution in [1.82, 2.24) is 4.90 Å². The van der Waals surface area contributed by atoms with Crippen molar-refractivity contribution in [3.8, 4) is 0 Å². The molecule has 5 nitrogen and oxygen atoms in total. The van der Waals surface area contributed by atoms with Crippen LogP contribution in [-0.2, 0) is 16.1 Å². The summed E-state index contributed by atoms with van der Waals surface area (Å²) in [4.78, 5) is 26.3. The molecule has 27 heavy (non-hydrogen) atoms. The lowest BCUT2D eigenvalue weighted by atomic mass is 10.1. The Morgan fingerprint density at radius 3 is 2.85 bits per heavy atom. The third-order valence-electron chi connectivity index (χ3n) is 4.36. The average molecular weight is 435 g/mol. The SMILES string of the molecule is CN(Cc1cc(Br)ccc1F)C(=O)c1cccc(NC(=O)C2CCCO2)c1. The van der Waals surface area contributed by atoms with Crippen molar-refractivity contribution in [2.24, 2.45) is 0 Å². The van der Waals surface area contributed by atoms with Crippen LogP contribution in [0.2, 0.25) is 0 Å². The van der Waals surface area contributed by atoms with Gasteiger partial charge in [0.1, 0.15) is 11.9 Å². The molecule has 2 aromatic carbocycles. The number of rotatable bonds is 5. The van der Waals surface area contributed by atoms with Crippen molar-refractivity contribution in [2.75, 3.05) is 19.0 Å². The number of anilines is 1. The van der Waals surface area contributed by atoms with Crippen molar-refractivity contribution >= 4 is 33.4 Å². The van der Waals surface area contributed by atoms with E-state index in [0.29, 0.717) is 29.8 Å². The number of amides is 2. The molecule has 7 heteroatoms. The van der Waals surface area contributed by atoms with Crippen molar-refractivity contribution < 1.29 is 18.7 Å². The molecule has 1 aliphatic rings. The standard InChI is InChI=1S/C20H20BrFN2O3/c1-24(12-14-10-15(21)7-8-17(14)22)20(26)13-4-2-5-16(11-13)23-19(25)18-6-3-9-27-18/h2,4-5,7-8,10-11,18H,3,6,9,12H2,1H3,(H,23,25). The van der Waals surface area contributed by atoms with Gasteiger partial charge >= 0.3 is 0 Å². The molecular formula is C20H20BrFN2O3. The van der Waals surface area contributed by atoms with Gasteiger partial charge in [0.2, 0.25) is 0 Å². The van der Waals surface area contributed by atoms with Crippen molar-refractivity contribution in [1.29, 1.82) is 0 Å². The first kappa shape index (κ1) is 19.5. The molecule has 0 aromatic heterocycles. The number of carbonyl (C=O) groups excluding carboxylic acids is 2. The van der Waals surface area contributed by atoms with E-state index < -0.39 is 6.10 Å². The van der Waals surface area contributed by atoms with Gasteiger partial charge in [0.15, 0.2) is 0 Å². The zero-order chi connectivity index (χ0) is 19.4. The first-order chi connectivity index (χ1) is 12.9. The molecule has 1 aliphatic heterocycles. The van der Waals surface area contributed by atoms with Gasteiger partial charge in [-0.25, -0.2) is 4.39 Å². The summed E-state index contributed by atoms with van der Waals surface area (Å²) in [6, 6.07) is 11.3. The second-order valence-corrected chi connectivity index (χ2v) is 7.38. The normalized spacial score (nSPS) is 16.2. The number of benzene rings is 2. The van der Waals surface area contributed by atoms with Crippen molar-refractivity contribution in [2.45, 2.75) is 25.5 Å². The van der Waals surface area contributed by atoms with Gasteiger partial charge < -0.3 is 15.0 Å². The van der Waals surface area contributed by atoms with Gasteiger partial charge in [0.05, 0.1) is 0 Å². The molecule has 0 radical (unpaired) electrons. The van der Waals surface area contributed by atoms with E-state index in [9.17, 15) is 14.0 Å². The first-order valence-electron chi connectivity index (χ1n) is 8.66. The first-order valence-corrected chi connectivity index (χ1v) is 9.45. The summed E-state index contributed by atoms with van der Waals surface area (Å²) in [7, 11) is 1.61. The summed E-state index contributed by atoms with van der Waals surface area (Å²) in [5.74, 6) is -0.834. The Balaban J connectivity index is 1.68. The molecule has 0 saturated carbocycles. The largest absolute Gasteiger partial charge is 0.368 e. The highest BCUT2D eigenvalue weighted by molar-refractivity contribution is 9.10. The van der Waals surface area contributed by atoms with Gasteiger partial charge in [-0.1, -0.05) is 22.0 Å². The second kappa shape index (κ2) is 8.63. The second-order valence-electron chi connectivity index (χ2n) is 6.47. The monoisotopic (exact) mass is 434 g/mol. The van der Waals surface area contributed by atoms with Gasteiger partial charge in [-0.05, 0) is 49.2 Å². The summed E-state index contributed by atoms with van der Waals surface area (Å²) in [5.41, 5.74) is 1.37. The summed E-state index contributed by atoms with van der Waals surface area (Å²) in [5, 5.41) is 2.78. The van der Waals surface area contributed by atoms with E-state index in [1.165, 1.54) is 11.0 Å². The van der Waals surface area contributed by atoms with Crippen LogP contribution in [0.4, 0.5) is 10.1 Å². The number of hydrogen-bond acceptors (Lipinski definition) is 3. The van der Waals surface area contributed by atoms with Crippen LogP contribution in [0.1, 0.15) is 28.8 Å². The molecular weight excluding hydrogens is 415 g/mol. The molecule has 0 aliphatic carbocycles. The molecule has 1 N–H and O–H groups in total. The van der Waals surface area contributed by atoms with E-state index in [2.05, 4.69) is 21.2 Å². The lowest BCUT2D eigenvalue weighted by molar-refractivity contribution is -0.124. The fraction of sp³-hybridized carbons (Fsp3) is 0.300. The van der Waals surface area contributed by atoms with Gasteiger partial charge in [-0.2, -0.15) is 0 Å². The number of ether oxygens (including phenoxy) is 1. The van der Waals surface area contributed by atoms with Crippen LogP contribution in [0.5, 0.6) is 0 Å². The van der Waals surface area contributed by atoms with Gasteiger partial charge in [0.25, 0.3) is 11.8 Å². The zero-order valence-electron chi connectivity index (χ0n) is 14.9. The van der Waals surface area contributed by atoms with Gasteiger partial charge in [-0.3, -0.25) is 9.59 Å². The molecule has 1 heterocycles. The Morgan fingerprint density at radius 2 is 2.11 bits per heavy atom. The molecule has 1 unspecified atom stereocenters. The minimum Gasteiger partial charge on any atom is -0.368 e. The predicted molar refractivity (Wildman–Crippen MR) is 104 cm³/mol. The number of nitrogens with one attached hydrogen (secondary N) is 1. The average Bonchev–Trinajstić information content (AvgIpc) is 3.19. The predicted octanol–water partition coefficient (Wildman–Crippen LogP) is 3.98. The molecule has 1 fully saturated rings. The molecule has 0 spiro atoms. The number of nitrogens with zero attached hydrogens (tertiary/aromatic N) is 1. The maximum absolute atomic E-state index is 13.9. The van der Waals surface area contributed by atoms with E-state index in [0.717, 1.165) is 10.9 Å². The van der Waals surface area contributed by atoms with Crippen LogP contribution in [-0.4, -0.2) is 36.5 Å². The van der Waals surface area contributed by atoms with Crippen LogP contribution in [0.3, 0.4) is 0 Å². The molecule has 2 aromatic rings. The fourth-order valence-corrected chi connectivity index (χ4v) is 3.36. The molecule has 142 valence electrons. The zero-order valence-corrected chi connectivity index (χ0v) is 16.5. The molecule has 3 rings (SSSR count). The maximum atomic E-state index is 13.9. The summed E-state index contributed by atoms with van der Waals surface area (Å²) < 4.78 is 20.0. The highest BCUT2D eigenvalue weighted by Gasteiger charge is 2.24. The van der Waals surface area contributed by atoms with Crippen LogP contribution >= 0.6 is 15.9 Å². The highest BCUT2D eigenvalue weighted by Crippen LogP contribution is 2.19. The van der Waals surface area contributed by atoms with Crippen LogP contribution in [0.25, 0.3) is 0 Å². The maximum Gasteiger partial charge on any atom is 0.253 e. The molecule has 1 saturated heterocycles. The highest BCUT2D eigenvalue weighted by atomic mass is 79.9. The Bertz CT molecular complexity index is 853. The fourth-order valence-electron chi connectivity index (χ4n) is 2.95. The number of hydrogen-bond donors (Lipinski definition) is 1. The van der Waals surface area contributed by atoms with E-state index in [1.54, 1.807) is 43.4 Å². The van der Waals surface area contributed by atoms with Crippen LogP contribution in [0.15, 0.2) is 46.9 Å². The van der Waals surface area contributed by atoms with E-state index in [-0.39, 0.29) is 24.2 Å². The smallest absolute Gasteiger partial charge is 0.253 e. The van der Waals surface area contributed by atoms with Crippen molar-refractivity contribution in [3.63, 3.8) is 0 Å². The van der Waals surface area contributed by atoms with E-state index >= 15 is 0 Å². The Labute approximate surface area is 165 Å². The van der Waals surface area contributed by atoms with Crippen LogP contribution < -0.4 is 5.32 Å². The van der Waals surface area contributed by atoms with E-state index in [4.69, 9.17) is 4.74 Å². The third-order valence-corrected chi connectivity index (χ3v) is 4.85. The lowest BCUT2D eigenvalue weighted by Crippen LogP contribution is -2.28. The Hall–Kier alpha value is -2.25. The molecule has 2 amide bonds. The number of carbonyl (C=O) groups is 2. The van der Waals surface area contributed by atoms with Gasteiger partial charge in [-0.15, -0.1) is 0 Å². The van der Waals surface area contributed by atoms with Gasteiger partial charge in [0, 0.05) is 41.5 Å². The Morgan fingerprint density at radius 1 is 1.30 bits per heavy atom. The topological polar surface area (TPSA) is 58.6 Å². The molecule has 0 bridgehead atoms. The quantitative estimate of drug-likeness (QED) is 0.773. The number of halogens is 2.